The van der Waals surface area contributed by atoms with Gasteiger partial charge in [0.15, 0.2) is 0 Å². The number of alkyl halides is 3. The van der Waals surface area contributed by atoms with Crippen molar-refractivity contribution in [1.82, 2.24) is 24.6 Å². The topological polar surface area (TPSA) is 76.8 Å². The van der Waals surface area contributed by atoms with Gasteiger partial charge in [-0.15, -0.1) is 0 Å². The number of imidazole rings is 1. The number of rotatable bonds is 4. The second kappa shape index (κ2) is 7.61. The number of hydrogen-bond acceptors (Lipinski definition) is 3. The highest BCUT2D eigenvalue weighted by molar-refractivity contribution is 5.92. The van der Waals surface area contributed by atoms with E-state index in [-0.39, 0.29) is 17.8 Å². The van der Waals surface area contributed by atoms with Crippen molar-refractivity contribution in [2.24, 2.45) is 0 Å². The Bertz CT molecular complexity index is 969. The van der Waals surface area contributed by atoms with E-state index in [0.29, 0.717) is 5.69 Å². The number of urea groups is 1. The normalized spacial score (nSPS) is 19.3. The van der Waals surface area contributed by atoms with Gasteiger partial charge in [0.2, 0.25) is 0 Å². The standard InChI is InChI=1S/C19H19F3N6O/c20-19(21,22)13-5-6-17(28-9-2-7-24-28)15(11-13)26-18(29)25-14-3-1-4-16(14)27-10-8-23-12-27/h2,5-12,14,16H,1,3-4H2,(H2,25,26,29)/t14-,16+/m1/s1. The molecule has 0 unspecified atom stereocenters. The molecule has 0 saturated heterocycles. The number of carbonyl (C=O) groups is 1. The van der Waals surface area contributed by atoms with Crippen molar-refractivity contribution in [3.63, 3.8) is 0 Å². The van der Waals surface area contributed by atoms with Gasteiger partial charge >= 0.3 is 12.2 Å². The van der Waals surface area contributed by atoms with Crippen molar-refractivity contribution in [2.45, 2.75) is 37.5 Å². The van der Waals surface area contributed by atoms with E-state index >= 15 is 0 Å². The highest BCUT2D eigenvalue weighted by atomic mass is 19.4. The van der Waals surface area contributed by atoms with Gasteiger partial charge in [-0.25, -0.2) is 14.5 Å². The van der Waals surface area contributed by atoms with Crippen LogP contribution >= 0.6 is 0 Å². The Hall–Kier alpha value is -3.30. The average Bonchev–Trinajstić information content (AvgIpc) is 3.43. The molecule has 0 bridgehead atoms. The van der Waals surface area contributed by atoms with Crippen LogP contribution in [0.2, 0.25) is 0 Å². The van der Waals surface area contributed by atoms with Gasteiger partial charge < -0.3 is 15.2 Å². The fourth-order valence-electron chi connectivity index (χ4n) is 3.68. The Morgan fingerprint density at radius 1 is 1.17 bits per heavy atom. The lowest BCUT2D eigenvalue weighted by molar-refractivity contribution is -0.137. The van der Waals surface area contributed by atoms with E-state index in [0.717, 1.165) is 31.4 Å². The first-order chi connectivity index (χ1) is 13.9. The zero-order chi connectivity index (χ0) is 20.4. The maximum atomic E-state index is 13.2. The van der Waals surface area contributed by atoms with Crippen LogP contribution in [-0.4, -0.2) is 31.4 Å². The molecule has 2 aromatic heterocycles. The zero-order valence-electron chi connectivity index (χ0n) is 15.3. The molecule has 0 aliphatic heterocycles. The average molecular weight is 404 g/mol. The van der Waals surface area contributed by atoms with Crippen LogP contribution in [0.15, 0.2) is 55.4 Å². The van der Waals surface area contributed by atoms with E-state index in [9.17, 15) is 18.0 Å². The SMILES string of the molecule is O=C(Nc1cc(C(F)(F)F)ccc1-n1cccn1)N[C@@H]1CCC[C@@H]1n1ccnc1. The number of hydrogen-bond donors (Lipinski definition) is 2. The van der Waals surface area contributed by atoms with Crippen LogP contribution in [0.3, 0.4) is 0 Å². The molecule has 1 aliphatic carbocycles. The van der Waals surface area contributed by atoms with Crippen molar-refractivity contribution in [3.8, 4) is 5.69 Å². The zero-order valence-corrected chi connectivity index (χ0v) is 15.3. The van der Waals surface area contributed by atoms with Crippen LogP contribution in [0, 0.1) is 0 Å². The first-order valence-corrected chi connectivity index (χ1v) is 9.18. The molecular formula is C19H19F3N6O. The van der Waals surface area contributed by atoms with E-state index in [1.165, 1.54) is 16.9 Å². The monoisotopic (exact) mass is 404 g/mol. The van der Waals surface area contributed by atoms with Gasteiger partial charge in [-0.05, 0) is 43.5 Å². The summed E-state index contributed by atoms with van der Waals surface area (Å²) >= 11 is 0. The molecule has 2 atom stereocenters. The number of nitrogens with one attached hydrogen (secondary N) is 2. The summed E-state index contributed by atoms with van der Waals surface area (Å²) in [6.45, 7) is 0. The minimum Gasteiger partial charge on any atom is -0.333 e. The predicted molar refractivity (Wildman–Crippen MR) is 99.6 cm³/mol. The molecule has 1 aromatic carbocycles. The molecule has 3 aromatic rings. The summed E-state index contributed by atoms with van der Waals surface area (Å²) in [5, 5.41) is 9.50. The first kappa shape index (κ1) is 19.0. The van der Waals surface area contributed by atoms with Crippen molar-refractivity contribution in [2.75, 3.05) is 5.32 Å². The van der Waals surface area contributed by atoms with Gasteiger partial charge in [-0.3, -0.25) is 0 Å². The van der Waals surface area contributed by atoms with Crippen LogP contribution in [0.1, 0.15) is 30.9 Å². The second-order valence-corrected chi connectivity index (χ2v) is 6.89. The number of carbonyl (C=O) groups excluding carboxylic acids is 1. The van der Waals surface area contributed by atoms with Crippen LogP contribution in [-0.2, 0) is 6.18 Å². The fourth-order valence-corrected chi connectivity index (χ4v) is 3.68. The lowest BCUT2D eigenvalue weighted by atomic mass is 10.1. The van der Waals surface area contributed by atoms with E-state index < -0.39 is 17.8 Å². The van der Waals surface area contributed by atoms with Gasteiger partial charge in [0.25, 0.3) is 0 Å². The largest absolute Gasteiger partial charge is 0.416 e. The molecule has 152 valence electrons. The smallest absolute Gasteiger partial charge is 0.333 e. The minimum atomic E-state index is -4.52. The molecule has 1 saturated carbocycles. The van der Waals surface area contributed by atoms with Crippen LogP contribution < -0.4 is 10.6 Å². The summed E-state index contributed by atoms with van der Waals surface area (Å²) in [5.41, 5.74) is -0.477. The summed E-state index contributed by atoms with van der Waals surface area (Å²) in [6, 6.07) is 4.18. The van der Waals surface area contributed by atoms with E-state index in [2.05, 4.69) is 20.7 Å². The summed E-state index contributed by atoms with van der Waals surface area (Å²) in [7, 11) is 0. The molecule has 1 aliphatic rings. The Kier molecular flexibility index (Phi) is 4.99. The van der Waals surface area contributed by atoms with Crippen molar-refractivity contribution < 1.29 is 18.0 Å². The first-order valence-electron chi connectivity index (χ1n) is 9.18. The number of benzene rings is 1. The van der Waals surface area contributed by atoms with Crippen molar-refractivity contribution >= 4 is 11.7 Å². The van der Waals surface area contributed by atoms with Crippen LogP contribution in [0.25, 0.3) is 5.69 Å². The Morgan fingerprint density at radius 3 is 2.72 bits per heavy atom. The summed E-state index contributed by atoms with van der Waals surface area (Å²) in [6.07, 6.45) is 6.41. The third-order valence-electron chi connectivity index (χ3n) is 5.03. The lowest BCUT2D eigenvalue weighted by Gasteiger charge is -2.23. The van der Waals surface area contributed by atoms with E-state index in [4.69, 9.17) is 0 Å². The van der Waals surface area contributed by atoms with Gasteiger partial charge in [0.05, 0.1) is 35.3 Å². The molecule has 4 rings (SSSR count). The van der Waals surface area contributed by atoms with Crippen LogP contribution in [0.4, 0.5) is 23.7 Å². The van der Waals surface area contributed by atoms with E-state index in [1.54, 1.807) is 24.8 Å². The summed E-state index contributed by atoms with van der Waals surface area (Å²) in [5.74, 6) is 0. The van der Waals surface area contributed by atoms with Crippen molar-refractivity contribution in [3.05, 3.63) is 60.9 Å². The molecule has 29 heavy (non-hydrogen) atoms. The summed E-state index contributed by atoms with van der Waals surface area (Å²) < 4.78 is 42.8. The Morgan fingerprint density at radius 2 is 2.03 bits per heavy atom. The molecule has 7 nitrogen and oxygen atoms in total. The maximum Gasteiger partial charge on any atom is 0.416 e. The molecule has 2 heterocycles. The van der Waals surface area contributed by atoms with Crippen LogP contribution in [0.5, 0.6) is 0 Å². The quantitative estimate of drug-likeness (QED) is 0.690. The van der Waals surface area contributed by atoms with Gasteiger partial charge in [0, 0.05) is 24.8 Å². The molecule has 10 heteroatoms. The molecular weight excluding hydrogens is 385 g/mol. The maximum absolute atomic E-state index is 13.2. The highest BCUT2D eigenvalue weighted by Gasteiger charge is 2.32. The third kappa shape index (κ3) is 4.10. The lowest BCUT2D eigenvalue weighted by Crippen LogP contribution is -2.40. The third-order valence-corrected chi connectivity index (χ3v) is 5.03. The minimum absolute atomic E-state index is 0.0261. The highest BCUT2D eigenvalue weighted by Crippen LogP contribution is 2.34. The van der Waals surface area contributed by atoms with Gasteiger partial charge in [-0.1, -0.05) is 0 Å². The summed E-state index contributed by atoms with van der Waals surface area (Å²) in [4.78, 5) is 16.6. The van der Waals surface area contributed by atoms with E-state index in [1.807, 2.05) is 10.8 Å². The van der Waals surface area contributed by atoms with Gasteiger partial charge in [0.1, 0.15) is 0 Å². The number of anilines is 1. The predicted octanol–water partition coefficient (Wildman–Crippen LogP) is 4.00. The number of nitrogens with zero attached hydrogens (tertiary/aromatic N) is 4. The van der Waals surface area contributed by atoms with Crippen molar-refractivity contribution in [1.29, 1.82) is 0 Å². The molecule has 0 spiro atoms. The fraction of sp³-hybridized carbons (Fsp3) is 0.316. The molecule has 1 fully saturated rings. The molecule has 2 N–H and O–H groups in total. The number of halogens is 3. The number of aromatic nitrogens is 4. The van der Waals surface area contributed by atoms with Gasteiger partial charge in [-0.2, -0.15) is 18.3 Å². The number of amides is 2. The Labute approximate surface area is 164 Å². The second-order valence-electron chi connectivity index (χ2n) is 6.89. The molecule has 2 amide bonds. The molecule has 0 radical (unpaired) electrons. The Balaban J connectivity index is 1.55.